The van der Waals surface area contributed by atoms with Gasteiger partial charge in [-0.05, 0) is 59.5 Å². The first-order valence-corrected chi connectivity index (χ1v) is 12.3. The van der Waals surface area contributed by atoms with E-state index in [1.165, 1.54) is 0 Å². The van der Waals surface area contributed by atoms with E-state index in [2.05, 4.69) is 36.4 Å². The lowest BCUT2D eigenvalue weighted by Gasteiger charge is -2.30. The van der Waals surface area contributed by atoms with Crippen LogP contribution in [-0.2, 0) is 0 Å². The number of hydrogen-bond donors (Lipinski definition) is 2. The minimum absolute atomic E-state index is 0.0185. The number of pyridine rings is 1. The zero-order chi connectivity index (χ0) is 22.2. The van der Waals surface area contributed by atoms with Crippen LogP contribution < -0.4 is 21.1 Å². The summed E-state index contributed by atoms with van der Waals surface area (Å²) in [5, 5.41) is 8.22. The maximum atomic E-state index is 13.1. The zero-order valence-electron chi connectivity index (χ0n) is 18.0. The van der Waals surface area contributed by atoms with Crippen molar-refractivity contribution in [3.05, 3.63) is 49.8 Å². The number of piperazine rings is 1. The Labute approximate surface area is 200 Å². The average Bonchev–Trinajstić information content (AvgIpc) is 3.33. The van der Waals surface area contributed by atoms with E-state index in [0.717, 1.165) is 74.2 Å². The fourth-order valence-corrected chi connectivity index (χ4v) is 5.44. The first-order chi connectivity index (χ1) is 15.5. The van der Waals surface area contributed by atoms with Gasteiger partial charge in [0.05, 0.1) is 15.2 Å². The van der Waals surface area contributed by atoms with Gasteiger partial charge in [0.25, 0.3) is 5.56 Å². The molecule has 0 spiro atoms. The van der Waals surface area contributed by atoms with Gasteiger partial charge >= 0.3 is 0 Å². The molecule has 9 heteroatoms. The second-order valence-corrected chi connectivity index (χ2v) is 9.71. The molecule has 2 aliphatic rings. The number of benzene rings is 1. The van der Waals surface area contributed by atoms with Gasteiger partial charge in [0, 0.05) is 49.5 Å². The summed E-state index contributed by atoms with van der Waals surface area (Å²) >= 11 is 10.1. The highest BCUT2D eigenvalue weighted by Crippen LogP contribution is 2.33. The molecule has 2 N–H and O–H groups in total. The summed E-state index contributed by atoms with van der Waals surface area (Å²) in [6.07, 6.45) is 6.07. The van der Waals surface area contributed by atoms with Crippen LogP contribution >= 0.6 is 27.5 Å². The lowest BCUT2D eigenvalue weighted by atomic mass is 10.1. The van der Waals surface area contributed by atoms with E-state index in [1.54, 1.807) is 6.20 Å². The molecule has 1 aliphatic heterocycles. The van der Waals surface area contributed by atoms with Crippen molar-refractivity contribution in [3.63, 3.8) is 0 Å². The molecule has 0 atom stereocenters. The van der Waals surface area contributed by atoms with Gasteiger partial charge in [-0.2, -0.15) is 4.98 Å². The number of anilines is 3. The van der Waals surface area contributed by atoms with E-state index in [4.69, 9.17) is 16.6 Å². The molecule has 3 aromatic rings. The number of aromatic nitrogens is 3. The molecule has 3 heterocycles. The second-order valence-electron chi connectivity index (χ2n) is 8.51. The Hall–Kier alpha value is -2.16. The third-order valence-corrected chi connectivity index (χ3v) is 7.72. The van der Waals surface area contributed by atoms with Gasteiger partial charge in [-0.15, -0.1) is 0 Å². The molecule has 1 saturated heterocycles. The molecule has 1 aromatic carbocycles. The van der Waals surface area contributed by atoms with Crippen LogP contribution in [0.25, 0.3) is 11.0 Å². The Morgan fingerprint density at radius 3 is 2.69 bits per heavy atom. The molecule has 2 fully saturated rings. The summed E-state index contributed by atoms with van der Waals surface area (Å²) < 4.78 is 2.45. The van der Waals surface area contributed by atoms with Crippen LogP contribution in [0, 0.1) is 6.92 Å². The largest absolute Gasteiger partial charge is 0.368 e. The van der Waals surface area contributed by atoms with Crippen LogP contribution in [0.1, 0.15) is 37.3 Å². The van der Waals surface area contributed by atoms with E-state index in [9.17, 15) is 4.79 Å². The normalized spacial score (nSPS) is 17.3. The fourth-order valence-electron chi connectivity index (χ4n) is 4.74. The minimum Gasteiger partial charge on any atom is -0.368 e. The molecule has 0 radical (unpaired) electrons. The highest BCUT2D eigenvalue weighted by Gasteiger charge is 2.24. The van der Waals surface area contributed by atoms with Crippen LogP contribution in [0.15, 0.2) is 33.7 Å². The molecule has 7 nitrogen and oxygen atoms in total. The molecule has 5 rings (SSSR count). The smallest absolute Gasteiger partial charge is 0.267 e. The van der Waals surface area contributed by atoms with Crippen molar-refractivity contribution in [2.24, 2.45) is 0 Å². The molecule has 1 aliphatic carbocycles. The predicted octanol–water partition coefficient (Wildman–Crippen LogP) is 4.78. The molecule has 0 unspecified atom stereocenters. The van der Waals surface area contributed by atoms with Gasteiger partial charge in [-0.25, -0.2) is 4.98 Å². The fraction of sp³-hybridized carbons (Fsp3) is 0.435. The highest BCUT2D eigenvalue weighted by molar-refractivity contribution is 9.10. The second kappa shape index (κ2) is 9.00. The highest BCUT2D eigenvalue weighted by atomic mass is 79.9. The lowest BCUT2D eigenvalue weighted by Crippen LogP contribution is -2.43. The van der Waals surface area contributed by atoms with Gasteiger partial charge in [-0.1, -0.05) is 24.4 Å². The van der Waals surface area contributed by atoms with E-state index in [1.807, 2.05) is 29.7 Å². The van der Waals surface area contributed by atoms with Gasteiger partial charge in [0.15, 0.2) is 0 Å². The lowest BCUT2D eigenvalue weighted by molar-refractivity contribution is 0.514. The van der Waals surface area contributed by atoms with E-state index in [-0.39, 0.29) is 11.6 Å². The van der Waals surface area contributed by atoms with Crippen molar-refractivity contribution in [2.45, 2.75) is 38.6 Å². The number of fused-ring (bicyclic) bond motifs is 1. The monoisotopic (exact) mass is 516 g/mol. The Morgan fingerprint density at radius 2 is 1.97 bits per heavy atom. The first-order valence-electron chi connectivity index (χ1n) is 11.1. The Bertz CT molecular complexity index is 1220. The van der Waals surface area contributed by atoms with Gasteiger partial charge < -0.3 is 15.5 Å². The van der Waals surface area contributed by atoms with Crippen molar-refractivity contribution in [1.82, 2.24) is 19.9 Å². The number of aryl methyl sites for hydroxylation is 1. The van der Waals surface area contributed by atoms with Crippen LogP contribution in [-0.4, -0.2) is 40.7 Å². The summed E-state index contributed by atoms with van der Waals surface area (Å²) in [6, 6.07) is 6.11. The number of hydrogen-bond acceptors (Lipinski definition) is 6. The number of nitrogens with zero attached hydrogens (tertiary/aromatic N) is 4. The Balaban J connectivity index is 1.50. The number of halogens is 2. The van der Waals surface area contributed by atoms with Crippen LogP contribution in [0.3, 0.4) is 0 Å². The Kier molecular flexibility index (Phi) is 6.09. The molecule has 0 bridgehead atoms. The summed E-state index contributed by atoms with van der Waals surface area (Å²) in [4.78, 5) is 24.7. The summed E-state index contributed by atoms with van der Waals surface area (Å²) in [7, 11) is 0. The minimum atomic E-state index is -0.0185. The summed E-state index contributed by atoms with van der Waals surface area (Å²) in [5.41, 5.74) is 3.39. The van der Waals surface area contributed by atoms with E-state index < -0.39 is 0 Å². The maximum absolute atomic E-state index is 13.1. The summed E-state index contributed by atoms with van der Waals surface area (Å²) in [6.45, 7) is 5.72. The summed E-state index contributed by atoms with van der Waals surface area (Å²) in [5.74, 6) is 0.455. The standard InChI is InChI=1S/C23H26BrClN6O/c1-14-17-13-27-23(29-21(17)31(22(32)20(14)24)16-4-2-3-5-16)28-15-6-7-19(18(25)12-15)30-10-8-26-9-11-30/h6-7,12-13,16,26H,2-5,8-11H2,1H3,(H,27,28,29). The third kappa shape index (κ3) is 4.00. The number of rotatable bonds is 4. The van der Waals surface area contributed by atoms with Gasteiger partial charge in [-0.3, -0.25) is 9.36 Å². The van der Waals surface area contributed by atoms with E-state index in [0.29, 0.717) is 21.1 Å². The molecular weight excluding hydrogens is 492 g/mol. The Morgan fingerprint density at radius 1 is 1.22 bits per heavy atom. The molecular formula is C23H26BrClN6O. The molecule has 168 valence electrons. The topological polar surface area (TPSA) is 75.1 Å². The third-order valence-electron chi connectivity index (χ3n) is 6.49. The van der Waals surface area contributed by atoms with Gasteiger partial charge in [0.2, 0.25) is 5.95 Å². The van der Waals surface area contributed by atoms with Crippen LogP contribution in [0.5, 0.6) is 0 Å². The van der Waals surface area contributed by atoms with Crippen LogP contribution in [0.4, 0.5) is 17.3 Å². The van der Waals surface area contributed by atoms with Crippen molar-refractivity contribution in [1.29, 1.82) is 0 Å². The van der Waals surface area contributed by atoms with Crippen LogP contribution in [0.2, 0.25) is 5.02 Å². The number of nitrogens with one attached hydrogen (secondary N) is 2. The molecule has 32 heavy (non-hydrogen) atoms. The SMILES string of the molecule is Cc1c(Br)c(=O)n(C2CCCC2)c2nc(Nc3ccc(N4CCNCC4)c(Cl)c3)ncc12. The van der Waals surface area contributed by atoms with Gasteiger partial charge in [0.1, 0.15) is 5.65 Å². The molecule has 0 amide bonds. The average molecular weight is 518 g/mol. The van der Waals surface area contributed by atoms with E-state index >= 15 is 0 Å². The van der Waals surface area contributed by atoms with Crippen molar-refractivity contribution < 1.29 is 0 Å². The maximum Gasteiger partial charge on any atom is 0.267 e. The van der Waals surface area contributed by atoms with Crippen molar-refractivity contribution in [2.75, 3.05) is 36.4 Å². The molecule has 2 aromatic heterocycles. The van der Waals surface area contributed by atoms with Crippen molar-refractivity contribution >= 4 is 55.9 Å². The molecule has 1 saturated carbocycles. The first kappa shape index (κ1) is 21.7. The predicted molar refractivity (Wildman–Crippen MR) is 134 cm³/mol. The quantitative estimate of drug-likeness (QED) is 0.519. The zero-order valence-corrected chi connectivity index (χ0v) is 20.3. The van der Waals surface area contributed by atoms with Crippen molar-refractivity contribution in [3.8, 4) is 0 Å².